The van der Waals surface area contributed by atoms with E-state index in [9.17, 15) is 9.18 Å². The van der Waals surface area contributed by atoms with Gasteiger partial charge in [0.25, 0.3) is 5.91 Å². The smallest absolute Gasteiger partial charge is 0.251 e. The molecule has 2 saturated carbocycles. The Morgan fingerprint density at radius 2 is 2.09 bits per heavy atom. The van der Waals surface area contributed by atoms with Crippen molar-refractivity contribution in [2.75, 3.05) is 0 Å². The van der Waals surface area contributed by atoms with Gasteiger partial charge in [-0.2, -0.15) is 0 Å². The van der Waals surface area contributed by atoms with E-state index in [1.165, 1.54) is 31.0 Å². The van der Waals surface area contributed by atoms with Crippen LogP contribution in [0.2, 0.25) is 5.02 Å². The van der Waals surface area contributed by atoms with Crippen LogP contribution in [0.5, 0.6) is 0 Å². The zero-order valence-electron chi connectivity index (χ0n) is 12.4. The lowest BCUT2D eigenvalue weighted by Gasteiger charge is -2.09. The summed E-state index contributed by atoms with van der Waals surface area (Å²) < 4.78 is 15.4. The first-order chi connectivity index (χ1) is 11.1. The highest BCUT2D eigenvalue weighted by atomic mass is 35.5. The average Bonchev–Trinajstić information content (AvgIpc) is 3.46. The van der Waals surface area contributed by atoms with E-state index in [0.717, 1.165) is 24.5 Å². The lowest BCUT2D eigenvalue weighted by molar-refractivity contribution is 0.0949. The number of benzene rings is 1. The van der Waals surface area contributed by atoms with Gasteiger partial charge in [-0.15, -0.1) is 10.2 Å². The molecular formula is C16H16ClFN4O. The minimum absolute atomic E-state index is 0.0604. The number of hydrogen-bond acceptors (Lipinski definition) is 3. The summed E-state index contributed by atoms with van der Waals surface area (Å²) in [6.45, 7) is 0.310. The Morgan fingerprint density at radius 3 is 2.74 bits per heavy atom. The van der Waals surface area contributed by atoms with Gasteiger partial charge in [0.1, 0.15) is 11.6 Å². The Balaban J connectivity index is 1.48. The summed E-state index contributed by atoms with van der Waals surface area (Å²) in [5, 5.41) is 11.3. The number of carbonyl (C=O) groups is 1. The molecule has 1 heterocycles. The molecule has 7 heteroatoms. The number of carbonyl (C=O) groups excluding carboxylic acids is 1. The topological polar surface area (TPSA) is 59.8 Å². The molecule has 23 heavy (non-hydrogen) atoms. The third-order valence-electron chi connectivity index (χ3n) is 4.24. The fourth-order valence-electron chi connectivity index (χ4n) is 2.71. The summed E-state index contributed by atoms with van der Waals surface area (Å²) >= 11 is 5.71. The van der Waals surface area contributed by atoms with Crippen LogP contribution in [0.3, 0.4) is 0 Å². The molecule has 2 aromatic rings. The van der Waals surface area contributed by atoms with Gasteiger partial charge < -0.3 is 9.88 Å². The van der Waals surface area contributed by atoms with Crippen LogP contribution < -0.4 is 5.32 Å². The third kappa shape index (κ3) is 2.95. The van der Waals surface area contributed by atoms with Crippen molar-refractivity contribution in [3.63, 3.8) is 0 Å². The maximum atomic E-state index is 13.2. The van der Waals surface area contributed by atoms with E-state index in [4.69, 9.17) is 11.6 Å². The van der Waals surface area contributed by atoms with Crippen molar-refractivity contribution in [2.24, 2.45) is 0 Å². The predicted octanol–water partition coefficient (Wildman–Crippen LogP) is 3.21. The quantitative estimate of drug-likeness (QED) is 0.913. The lowest BCUT2D eigenvalue weighted by atomic mass is 10.2. The standard InChI is InChI=1S/C16H16ClFN4O/c17-12-7-10(3-6-13(12)18)16(23)19-8-14-20-21-15(9-1-2-9)22(14)11-4-5-11/h3,6-7,9,11H,1-2,4-5,8H2,(H,19,23). The van der Waals surface area contributed by atoms with Crippen molar-refractivity contribution < 1.29 is 9.18 Å². The molecule has 1 N–H and O–H groups in total. The summed E-state index contributed by atoms with van der Waals surface area (Å²) in [7, 11) is 0. The number of hydrogen-bond donors (Lipinski definition) is 1. The molecule has 0 spiro atoms. The maximum absolute atomic E-state index is 13.2. The van der Waals surface area contributed by atoms with Crippen LogP contribution in [0.15, 0.2) is 18.2 Å². The third-order valence-corrected chi connectivity index (χ3v) is 4.53. The average molecular weight is 335 g/mol. The number of halogens is 2. The Morgan fingerprint density at radius 1 is 1.30 bits per heavy atom. The molecule has 5 nitrogen and oxygen atoms in total. The largest absolute Gasteiger partial charge is 0.345 e. The fourth-order valence-corrected chi connectivity index (χ4v) is 2.89. The second kappa shape index (κ2) is 5.60. The van der Waals surface area contributed by atoms with E-state index in [0.29, 0.717) is 24.1 Å². The van der Waals surface area contributed by atoms with E-state index in [1.54, 1.807) is 0 Å². The van der Waals surface area contributed by atoms with Gasteiger partial charge in [-0.3, -0.25) is 4.79 Å². The highest BCUT2D eigenvalue weighted by molar-refractivity contribution is 6.31. The van der Waals surface area contributed by atoms with Crippen molar-refractivity contribution in [1.29, 1.82) is 0 Å². The molecule has 1 aromatic heterocycles. The molecule has 1 aromatic carbocycles. The molecule has 0 atom stereocenters. The van der Waals surface area contributed by atoms with Crippen LogP contribution in [0.25, 0.3) is 0 Å². The number of rotatable bonds is 5. The normalized spacial score (nSPS) is 17.3. The van der Waals surface area contributed by atoms with Gasteiger partial charge in [0, 0.05) is 17.5 Å². The number of nitrogens with zero attached hydrogens (tertiary/aromatic N) is 3. The first-order valence-electron chi connectivity index (χ1n) is 7.80. The van der Waals surface area contributed by atoms with Gasteiger partial charge >= 0.3 is 0 Å². The molecule has 0 saturated heterocycles. The molecule has 120 valence electrons. The molecule has 0 aliphatic heterocycles. The van der Waals surface area contributed by atoms with Gasteiger partial charge in [0.15, 0.2) is 5.82 Å². The maximum Gasteiger partial charge on any atom is 0.251 e. The summed E-state index contributed by atoms with van der Waals surface area (Å²) in [4.78, 5) is 12.2. The van der Waals surface area contributed by atoms with Gasteiger partial charge in [-0.05, 0) is 43.9 Å². The van der Waals surface area contributed by atoms with E-state index in [2.05, 4.69) is 20.1 Å². The summed E-state index contributed by atoms with van der Waals surface area (Å²) in [6, 6.07) is 4.41. The van der Waals surface area contributed by atoms with E-state index >= 15 is 0 Å². The van der Waals surface area contributed by atoms with Crippen molar-refractivity contribution in [2.45, 2.75) is 44.2 Å². The first-order valence-corrected chi connectivity index (χ1v) is 8.18. The number of amides is 1. The van der Waals surface area contributed by atoms with Crippen LogP contribution in [0, 0.1) is 5.82 Å². The highest BCUT2D eigenvalue weighted by Crippen LogP contribution is 2.44. The molecule has 2 aliphatic rings. The second-order valence-electron chi connectivity index (χ2n) is 6.16. The lowest BCUT2D eigenvalue weighted by Crippen LogP contribution is -2.25. The molecule has 0 radical (unpaired) electrons. The molecule has 4 rings (SSSR count). The van der Waals surface area contributed by atoms with Gasteiger partial charge in [0.2, 0.25) is 0 Å². The van der Waals surface area contributed by atoms with Crippen LogP contribution in [0.1, 0.15) is 59.6 Å². The zero-order valence-corrected chi connectivity index (χ0v) is 13.2. The van der Waals surface area contributed by atoms with Crippen LogP contribution in [-0.4, -0.2) is 20.7 Å². The van der Waals surface area contributed by atoms with Crippen molar-refractivity contribution >= 4 is 17.5 Å². The number of aromatic nitrogens is 3. The summed E-state index contributed by atoms with van der Waals surface area (Å²) in [6.07, 6.45) is 4.63. The molecule has 0 bridgehead atoms. The SMILES string of the molecule is O=C(NCc1nnc(C2CC2)n1C1CC1)c1ccc(F)c(Cl)c1. The van der Waals surface area contributed by atoms with Gasteiger partial charge in [-0.1, -0.05) is 11.6 Å². The predicted molar refractivity (Wildman–Crippen MR) is 82.8 cm³/mol. The first kappa shape index (κ1) is 14.6. The van der Waals surface area contributed by atoms with Crippen LogP contribution in [0.4, 0.5) is 4.39 Å². The highest BCUT2D eigenvalue weighted by Gasteiger charge is 2.36. The van der Waals surface area contributed by atoms with E-state index in [1.807, 2.05) is 0 Å². The van der Waals surface area contributed by atoms with E-state index in [-0.39, 0.29) is 10.9 Å². The Hall–Kier alpha value is -1.95. The monoisotopic (exact) mass is 334 g/mol. The molecule has 2 fully saturated rings. The van der Waals surface area contributed by atoms with E-state index < -0.39 is 5.82 Å². The van der Waals surface area contributed by atoms with Crippen molar-refractivity contribution in [3.05, 3.63) is 46.3 Å². The Bertz CT molecular complexity index is 767. The molecule has 2 aliphatic carbocycles. The van der Waals surface area contributed by atoms with Crippen molar-refractivity contribution in [1.82, 2.24) is 20.1 Å². The van der Waals surface area contributed by atoms with Crippen LogP contribution in [-0.2, 0) is 6.54 Å². The fraction of sp³-hybridized carbons (Fsp3) is 0.438. The van der Waals surface area contributed by atoms with Crippen molar-refractivity contribution in [3.8, 4) is 0 Å². The Labute approximate surface area is 137 Å². The molecule has 0 unspecified atom stereocenters. The molecule has 1 amide bonds. The minimum Gasteiger partial charge on any atom is -0.345 e. The van der Waals surface area contributed by atoms with Gasteiger partial charge in [-0.25, -0.2) is 4.39 Å². The summed E-state index contributed by atoms with van der Waals surface area (Å²) in [5.41, 5.74) is 0.330. The van der Waals surface area contributed by atoms with Gasteiger partial charge in [0.05, 0.1) is 11.6 Å². The zero-order chi connectivity index (χ0) is 16.0. The second-order valence-corrected chi connectivity index (χ2v) is 6.57. The van der Waals surface area contributed by atoms with Crippen LogP contribution >= 0.6 is 11.6 Å². The number of nitrogens with one attached hydrogen (secondary N) is 1. The Kier molecular flexibility index (Phi) is 3.56. The summed E-state index contributed by atoms with van der Waals surface area (Å²) in [5.74, 6) is 1.54. The minimum atomic E-state index is -0.536. The molecular weight excluding hydrogens is 319 g/mol.